The van der Waals surface area contributed by atoms with Crippen LogP contribution in [-0.2, 0) is 19.6 Å². The molecule has 0 saturated heterocycles. The molecule has 1 aromatic carbocycles. The van der Waals surface area contributed by atoms with E-state index in [2.05, 4.69) is 4.74 Å². The van der Waals surface area contributed by atoms with Crippen molar-refractivity contribution in [1.82, 2.24) is 4.31 Å². The Morgan fingerprint density at radius 3 is 2.25 bits per heavy atom. The summed E-state index contributed by atoms with van der Waals surface area (Å²) in [6.07, 6.45) is 0. The van der Waals surface area contributed by atoms with Crippen LogP contribution in [0.2, 0.25) is 0 Å². The first kappa shape index (κ1) is 16.3. The van der Waals surface area contributed by atoms with Gasteiger partial charge in [-0.25, -0.2) is 8.42 Å². The van der Waals surface area contributed by atoms with Crippen molar-refractivity contribution in [2.75, 3.05) is 34.9 Å². The Morgan fingerprint density at radius 1 is 1.15 bits per heavy atom. The van der Waals surface area contributed by atoms with Crippen LogP contribution in [0.5, 0.6) is 11.5 Å². The van der Waals surface area contributed by atoms with E-state index in [9.17, 15) is 13.2 Å². The van der Waals surface area contributed by atoms with Gasteiger partial charge in [-0.05, 0) is 12.1 Å². The molecular weight excluding hydrogens is 286 g/mol. The van der Waals surface area contributed by atoms with Gasteiger partial charge in [0.25, 0.3) is 0 Å². The van der Waals surface area contributed by atoms with E-state index < -0.39 is 16.0 Å². The molecule has 0 fully saturated rings. The lowest BCUT2D eigenvalue weighted by molar-refractivity contribution is -0.140. The van der Waals surface area contributed by atoms with E-state index in [4.69, 9.17) is 9.47 Å². The molecule has 8 heteroatoms. The van der Waals surface area contributed by atoms with E-state index in [0.29, 0.717) is 11.5 Å². The lowest BCUT2D eigenvalue weighted by atomic mass is 10.3. The number of hydrogen-bond acceptors (Lipinski definition) is 6. The van der Waals surface area contributed by atoms with Gasteiger partial charge in [0.2, 0.25) is 10.0 Å². The number of esters is 1. The van der Waals surface area contributed by atoms with Crippen molar-refractivity contribution in [2.24, 2.45) is 0 Å². The van der Waals surface area contributed by atoms with Gasteiger partial charge in [-0.3, -0.25) is 4.79 Å². The van der Waals surface area contributed by atoms with Gasteiger partial charge in [0.1, 0.15) is 6.54 Å². The lowest BCUT2D eigenvalue weighted by Crippen LogP contribution is -2.32. The Bertz CT molecular complexity index is 584. The summed E-state index contributed by atoms with van der Waals surface area (Å²) in [6.45, 7) is -0.368. The summed E-state index contributed by atoms with van der Waals surface area (Å²) in [5.74, 6) is 0.0682. The zero-order valence-corrected chi connectivity index (χ0v) is 12.6. The predicted octanol–water partition coefficient (Wildman–Crippen LogP) is 0.497. The molecule has 20 heavy (non-hydrogen) atoms. The monoisotopic (exact) mass is 303 g/mol. The van der Waals surface area contributed by atoms with E-state index in [-0.39, 0.29) is 11.4 Å². The van der Waals surface area contributed by atoms with Crippen LogP contribution in [0.4, 0.5) is 0 Å². The van der Waals surface area contributed by atoms with E-state index >= 15 is 0 Å². The molecule has 0 aliphatic rings. The van der Waals surface area contributed by atoms with Crippen LogP contribution in [0.3, 0.4) is 0 Å². The highest BCUT2D eigenvalue weighted by atomic mass is 32.2. The topological polar surface area (TPSA) is 82.1 Å². The van der Waals surface area contributed by atoms with Crippen LogP contribution in [-0.4, -0.2) is 53.6 Å². The Labute approximate surface area is 118 Å². The first-order chi connectivity index (χ1) is 9.36. The molecule has 1 aromatic rings. The largest absolute Gasteiger partial charge is 0.493 e. The van der Waals surface area contributed by atoms with Crippen LogP contribution in [0.25, 0.3) is 0 Å². The maximum Gasteiger partial charge on any atom is 0.321 e. The minimum atomic E-state index is -3.80. The molecule has 0 heterocycles. The predicted molar refractivity (Wildman–Crippen MR) is 71.4 cm³/mol. The fourth-order valence-electron chi connectivity index (χ4n) is 1.49. The molecule has 0 bridgehead atoms. The lowest BCUT2D eigenvalue weighted by Gasteiger charge is -2.17. The second-order valence-electron chi connectivity index (χ2n) is 3.85. The standard InChI is InChI=1S/C12H17NO6S/c1-13(8-12(14)19-4)20(15,16)9-5-6-10(17-2)11(7-9)18-3/h5-7H,8H2,1-4H3. The maximum absolute atomic E-state index is 12.3. The van der Waals surface area contributed by atoms with Gasteiger partial charge in [-0.2, -0.15) is 4.31 Å². The Hall–Kier alpha value is -1.80. The minimum Gasteiger partial charge on any atom is -0.493 e. The average Bonchev–Trinajstić information content (AvgIpc) is 2.45. The van der Waals surface area contributed by atoms with Crippen molar-refractivity contribution in [3.05, 3.63) is 18.2 Å². The zero-order chi connectivity index (χ0) is 15.3. The maximum atomic E-state index is 12.3. The summed E-state index contributed by atoms with van der Waals surface area (Å²) >= 11 is 0. The molecule has 0 N–H and O–H groups in total. The normalized spacial score (nSPS) is 11.2. The second kappa shape index (κ2) is 6.58. The summed E-state index contributed by atoms with van der Waals surface area (Å²) in [5, 5.41) is 0. The molecule has 0 atom stereocenters. The molecule has 0 unspecified atom stereocenters. The number of carbonyl (C=O) groups is 1. The smallest absolute Gasteiger partial charge is 0.321 e. The van der Waals surface area contributed by atoms with Crippen LogP contribution >= 0.6 is 0 Å². The van der Waals surface area contributed by atoms with Crippen LogP contribution in [0.1, 0.15) is 0 Å². The van der Waals surface area contributed by atoms with E-state index in [0.717, 1.165) is 4.31 Å². The van der Waals surface area contributed by atoms with Gasteiger partial charge >= 0.3 is 5.97 Å². The zero-order valence-electron chi connectivity index (χ0n) is 11.7. The van der Waals surface area contributed by atoms with Gasteiger partial charge in [0.05, 0.1) is 26.2 Å². The molecule has 1 rings (SSSR count). The summed E-state index contributed by atoms with van der Waals surface area (Å²) in [5.41, 5.74) is 0. The van der Waals surface area contributed by atoms with E-state index in [1.165, 1.54) is 46.6 Å². The van der Waals surface area contributed by atoms with Crippen molar-refractivity contribution >= 4 is 16.0 Å². The van der Waals surface area contributed by atoms with Crippen molar-refractivity contribution in [3.63, 3.8) is 0 Å². The third kappa shape index (κ3) is 3.40. The number of hydrogen-bond donors (Lipinski definition) is 0. The molecule has 0 spiro atoms. The van der Waals surface area contributed by atoms with Crippen molar-refractivity contribution in [3.8, 4) is 11.5 Å². The quantitative estimate of drug-likeness (QED) is 0.712. The van der Waals surface area contributed by atoms with E-state index in [1.54, 1.807) is 0 Å². The summed E-state index contributed by atoms with van der Waals surface area (Å²) in [6, 6.07) is 4.20. The van der Waals surface area contributed by atoms with Gasteiger partial charge in [0.15, 0.2) is 11.5 Å². The number of benzene rings is 1. The van der Waals surface area contributed by atoms with Crippen molar-refractivity contribution in [1.29, 1.82) is 0 Å². The fourth-order valence-corrected chi connectivity index (χ4v) is 2.62. The summed E-state index contributed by atoms with van der Waals surface area (Å²) < 4.78 is 40.0. The number of methoxy groups -OCH3 is 3. The number of carbonyl (C=O) groups excluding carboxylic acids is 1. The van der Waals surface area contributed by atoms with Crippen LogP contribution < -0.4 is 9.47 Å². The number of sulfonamides is 1. The fraction of sp³-hybridized carbons (Fsp3) is 0.417. The number of likely N-dealkylation sites (N-methyl/N-ethyl adjacent to an activating group) is 1. The van der Waals surface area contributed by atoms with E-state index in [1.807, 2.05) is 0 Å². The van der Waals surface area contributed by atoms with Crippen LogP contribution in [0.15, 0.2) is 23.1 Å². The number of ether oxygens (including phenoxy) is 3. The number of nitrogens with zero attached hydrogens (tertiary/aromatic N) is 1. The van der Waals surface area contributed by atoms with Gasteiger partial charge in [0, 0.05) is 13.1 Å². The minimum absolute atomic E-state index is 0.00144. The molecular formula is C12H17NO6S. The average molecular weight is 303 g/mol. The highest BCUT2D eigenvalue weighted by Crippen LogP contribution is 2.30. The first-order valence-corrected chi connectivity index (χ1v) is 7.06. The molecule has 112 valence electrons. The van der Waals surface area contributed by atoms with Gasteiger partial charge in [-0.1, -0.05) is 0 Å². The molecule has 7 nitrogen and oxygen atoms in total. The van der Waals surface area contributed by atoms with Crippen molar-refractivity contribution < 1.29 is 27.4 Å². The van der Waals surface area contributed by atoms with Crippen molar-refractivity contribution in [2.45, 2.75) is 4.90 Å². The van der Waals surface area contributed by atoms with Crippen LogP contribution in [0, 0.1) is 0 Å². The molecule has 0 saturated carbocycles. The summed E-state index contributed by atoms with van der Waals surface area (Å²) in [4.78, 5) is 11.2. The third-order valence-corrected chi connectivity index (χ3v) is 4.44. The highest BCUT2D eigenvalue weighted by Gasteiger charge is 2.24. The molecule has 0 aliphatic carbocycles. The molecule has 0 amide bonds. The molecule has 0 aromatic heterocycles. The first-order valence-electron chi connectivity index (χ1n) is 5.62. The van der Waals surface area contributed by atoms with Gasteiger partial charge in [-0.15, -0.1) is 0 Å². The molecule has 0 aliphatic heterocycles. The summed E-state index contributed by atoms with van der Waals surface area (Å²) in [7, 11) is 1.55. The Balaban J connectivity index is 3.12. The highest BCUT2D eigenvalue weighted by molar-refractivity contribution is 7.89. The Kier molecular flexibility index (Phi) is 5.34. The second-order valence-corrected chi connectivity index (χ2v) is 5.90. The molecule has 0 radical (unpaired) electrons. The van der Waals surface area contributed by atoms with Gasteiger partial charge < -0.3 is 14.2 Å². The SMILES string of the molecule is COC(=O)CN(C)S(=O)(=O)c1ccc(OC)c(OC)c1. The Morgan fingerprint density at radius 2 is 1.75 bits per heavy atom. The number of rotatable bonds is 6. The third-order valence-electron chi connectivity index (χ3n) is 2.64.